The van der Waals surface area contributed by atoms with Gasteiger partial charge in [-0.3, -0.25) is 0 Å². The van der Waals surface area contributed by atoms with E-state index in [1.807, 2.05) is 0 Å². The average Bonchev–Trinajstić information content (AvgIpc) is 3.04. The predicted molar refractivity (Wildman–Crippen MR) is 94.5 cm³/mol. The summed E-state index contributed by atoms with van der Waals surface area (Å²) in [5, 5.41) is 9.61. The highest BCUT2D eigenvalue weighted by Gasteiger charge is 2.30. The van der Waals surface area contributed by atoms with Crippen LogP contribution in [0.4, 0.5) is 13.2 Å². The molecule has 0 aliphatic carbocycles. The fourth-order valence-corrected chi connectivity index (χ4v) is 2.68. The van der Waals surface area contributed by atoms with Crippen LogP contribution in [0.25, 0.3) is 28.4 Å². The Morgan fingerprint density at radius 1 is 1.19 bits per heavy atom. The third-order valence-corrected chi connectivity index (χ3v) is 4.02. The third-order valence-electron chi connectivity index (χ3n) is 4.02. The molecule has 0 spiro atoms. The number of carboxylic acid groups (broad SMARTS) is 1. The fraction of sp³-hybridized carbons (Fsp3) is 0.150. The van der Waals surface area contributed by atoms with Gasteiger partial charge in [0.1, 0.15) is 5.76 Å². The van der Waals surface area contributed by atoms with Gasteiger partial charge in [-0.2, -0.15) is 13.2 Å². The van der Waals surface area contributed by atoms with Gasteiger partial charge in [-0.1, -0.05) is 12.1 Å². The maximum absolute atomic E-state index is 12.9. The van der Waals surface area contributed by atoms with E-state index in [0.29, 0.717) is 22.3 Å². The standard InChI is InChI=1S/C20H15F3O4/c1-11(19(24)25)6-12-7-14-10-16(27-18(14)17(8-12)26-2)13-4-3-5-15(9-13)20(21,22)23/h3-10H,1-2H3,(H,24,25). The van der Waals surface area contributed by atoms with Crippen molar-refractivity contribution in [3.8, 4) is 17.1 Å². The SMILES string of the molecule is COc1cc(C=C(C)C(=O)O)cc2cc(-c3cccc(C(F)(F)F)c3)oc12. The molecule has 0 bridgehead atoms. The smallest absolute Gasteiger partial charge is 0.416 e. The van der Waals surface area contributed by atoms with Crippen molar-refractivity contribution in [2.75, 3.05) is 7.11 Å². The molecule has 0 saturated heterocycles. The Bertz CT molecular complexity index is 1050. The average molecular weight is 376 g/mol. The molecule has 4 nitrogen and oxygen atoms in total. The van der Waals surface area contributed by atoms with E-state index < -0.39 is 17.7 Å². The molecule has 27 heavy (non-hydrogen) atoms. The second kappa shape index (κ2) is 6.83. The van der Waals surface area contributed by atoms with E-state index in [-0.39, 0.29) is 16.9 Å². The molecular formula is C20H15F3O4. The van der Waals surface area contributed by atoms with Gasteiger partial charge in [-0.15, -0.1) is 0 Å². The summed E-state index contributed by atoms with van der Waals surface area (Å²) < 4.78 is 49.8. The zero-order chi connectivity index (χ0) is 19.8. The monoisotopic (exact) mass is 376 g/mol. The number of carbonyl (C=O) groups is 1. The number of ether oxygens (including phenoxy) is 1. The van der Waals surface area contributed by atoms with Gasteiger partial charge >= 0.3 is 12.1 Å². The maximum Gasteiger partial charge on any atom is 0.416 e. The summed E-state index contributed by atoms with van der Waals surface area (Å²) in [4.78, 5) is 11.0. The molecule has 0 amide bonds. The van der Waals surface area contributed by atoms with Crippen LogP contribution in [0.3, 0.4) is 0 Å². The summed E-state index contributed by atoms with van der Waals surface area (Å²) in [6.07, 6.45) is -2.98. The first-order valence-corrected chi connectivity index (χ1v) is 7.90. The number of fused-ring (bicyclic) bond motifs is 1. The Morgan fingerprint density at radius 3 is 2.56 bits per heavy atom. The number of benzene rings is 2. The number of furan rings is 1. The second-order valence-corrected chi connectivity index (χ2v) is 5.96. The quantitative estimate of drug-likeness (QED) is 0.601. The lowest BCUT2D eigenvalue weighted by Gasteiger charge is -2.07. The Hall–Kier alpha value is -3.22. The summed E-state index contributed by atoms with van der Waals surface area (Å²) in [6, 6.07) is 9.73. The zero-order valence-electron chi connectivity index (χ0n) is 14.4. The summed E-state index contributed by atoms with van der Waals surface area (Å²) >= 11 is 0. The Labute approximate surface area is 152 Å². The van der Waals surface area contributed by atoms with E-state index in [2.05, 4.69) is 0 Å². The first kappa shape index (κ1) is 18.6. The third kappa shape index (κ3) is 3.81. The molecule has 0 radical (unpaired) electrons. The molecule has 0 unspecified atom stereocenters. The topological polar surface area (TPSA) is 59.7 Å². The minimum absolute atomic E-state index is 0.137. The van der Waals surface area contributed by atoms with Crippen LogP contribution in [-0.2, 0) is 11.0 Å². The van der Waals surface area contributed by atoms with Crippen LogP contribution < -0.4 is 4.74 Å². The predicted octanol–water partition coefficient (Wildman–Crippen LogP) is 5.62. The molecule has 0 aliphatic heterocycles. The molecule has 1 aromatic heterocycles. The highest BCUT2D eigenvalue weighted by Crippen LogP contribution is 2.37. The van der Waals surface area contributed by atoms with E-state index >= 15 is 0 Å². The molecule has 3 aromatic rings. The van der Waals surface area contributed by atoms with E-state index in [1.54, 1.807) is 18.2 Å². The van der Waals surface area contributed by atoms with Gasteiger partial charge in [-0.25, -0.2) is 4.79 Å². The number of hydrogen-bond acceptors (Lipinski definition) is 3. The van der Waals surface area contributed by atoms with E-state index in [4.69, 9.17) is 14.3 Å². The van der Waals surface area contributed by atoms with Gasteiger partial charge in [0, 0.05) is 16.5 Å². The van der Waals surface area contributed by atoms with Crippen LogP contribution in [0.2, 0.25) is 0 Å². The number of carboxylic acids is 1. The largest absolute Gasteiger partial charge is 0.493 e. The molecule has 140 valence electrons. The van der Waals surface area contributed by atoms with Crippen LogP contribution in [0.1, 0.15) is 18.1 Å². The highest BCUT2D eigenvalue weighted by atomic mass is 19.4. The molecule has 2 aromatic carbocycles. The van der Waals surface area contributed by atoms with Crippen LogP contribution in [0, 0.1) is 0 Å². The number of alkyl halides is 3. The molecule has 0 aliphatic rings. The van der Waals surface area contributed by atoms with Crippen LogP contribution >= 0.6 is 0 Å². The van der Waals surface area contributed by atoms with E-state index in [9.17, 15) is 18.0 Å². The van der Waals surface area contributed by atoms with Gasteiger partial charge in [0.05, 0.1) is 12.7 Å². The van der Waals surface area contributed by atoms with Gasteiger partial charge < -0.3 is 14.3 Å². The number of aliphatic carboxylic acids is 1. The first-order chi connectivity index (χ1) is 12.7. The molecule has 0 atom stereocenters. The Balaban J connectivity index is 2.13. The summed E-state index contributed by atoms with van der Waals surface area (Å²) in [5.74, 6) is -0.438. The van der Waals surface area contributed by atoms with Crippen LogP contribution in [0.5, 0.6) is 5.75 Å². The van der Waals surface area contributed by atoms with Gasteiger partial charge in [-0.05, 0) is 48.9 Å². The van der Waals surface area contributed by atoms with Crippen molar-refractivity contribution in [3.05, 3.63) is 59.2 Å². The normalized spacial score (nSPS) is 12.4. The Kier molecular flexibility index (Phi) is 4.70. The number of methoxy groups -OCH3 is 1. The lowest BCUT2D eigenvalue weighted by atomic mass is 10.1. The lowest BCUT2D eigenvalue weighted by Crippen LogP contribution is -2.04. The van der Waals surface area contributed by atoms with E-state index in [0.717, 1.165) is 12.1 Å². The molecule has 1 N–H and O–H groups in total. The maximum atomic E-state index is 12.9. The zero-order valence-corrected chi connectivity index (χ0v) is 14.4. The molecular weight excluding hydrogens is 361 g/mol. The van der Waals surface area contributed by atoms with Crippen molar-refractivity contribution in [1.29, 1.82) is 0 Å². The Morgan fingerprint density at radius 2 is 1.93 bits per heavy atom. The molecule has 0 fully saturated rings. The summed E-state index contributed by atoms with van der Waals surface area (Å²) in [7, 11) is 1.43. The molecule has 7 heteroatoms. The summed E-state index contributed by atoms with van der Waals surface area (Å²) in [5.41, 5.74) is 0.596. The van der Waals surface area contributed by atoms with Crippen LogP contribution in [-0.4, -0.2) is 18.2 Å². The minimum atomic E-state index is -4.45. The van der Waals surface area contributed by atoms with Crippen molar-refractivity contribution < 1.29 is 32.2 Å². The van der Waals surface area contributed by atoms with Gasteiger partial charge in [0.2, 0.25) is 0 Å². The lowest BCUT2D eigenvalue weighted by molar-refractivity contribution is -0.137. The number of hydrogen-bond donors (Lipinski definition) is 1. The van der Waals surface area contributed by atoms with Crippen molar-refractivity contribution in [2.45, 2.75) is 13.1 Å². The fourth-order valence-electron chi connectivity index (χ4n) is 2.68. The molecule has 0 saturated carbocycles. The van der Waals surface area contributed by atoms with E-state index in [1.165, 1.54) is 32.2 Å². The first-order valence-electron chi connectivity index (χ1n) is 7.90. The second-order valence-electron chi connectivity index (χ2n) is 5.96. The highest BCUT2D eigenvalue weighted by molar-refractivity contribution is 5.94. The number of halogens is 3. The van der Waals surface area contributed by atoms with Crippen molar-refractivity contribution in [1.82, 2.24) is 0 Å². The van der Waals surface area contributed by atoms with Crippen molar-refractivity contribution >= 4 is 23.0 Å². The van der Waals surface area contributed by atoms with Gasteiger partial charge in [0.15, 0.2) is 11.3 Å². The minimum Gasteiger partial charge on any atom is -0.493 e. The van der Waals surface area contributed by atoms with Gasteiger partial charge in [0.25, 0.3) is 0 Å². The molecule has 1 heterocycles. The number of rotatable bonds is 4. The van der Waals surface area contributed by atoms with Crippen LogP contribution in [0.15, 0.2) is 52.5 Å². The van der Waals surface area contributed by atoms with Crippen molar-refractivity contribution in [3.63, 3.8) is 0 Å². The summed E-state index contributed by atoms with van der Waals surface area (Å²) in [6.45, 7) is 1.46. The van der Waals surface area contributed by atoms with Crippen molar-refractivity contribution in [2.24, 2.45) is 0 Å². The molecule has 3 rings (SSSR count).